The number of thioether (sulfide) groups is 1. The van der Waals surface area contributed by atoms with E-state index in [1.54, 1.807) is 0 Å². The third kappa shape index (κ3) is 4.72. The third-order valence-corrected chi connectivity index (χ3v) is 5.36. The summed E-state index contributed by atoms with van der Waals surface area (Å²) < 4.78 is 1.99. The maximum Gasteiger partial charge on any atom is 0.230 e. The Morgan fingerprint density at radius 3 is 2.46 bits per heavy atom. The quantitative estimate of drug-likeness (QED) is 0.622. The number of anilines is 1. The highest BCUT2D eigenvalue weighted by molar-refractivity contribution is 7.99. The minimum absolute atomic E-state index is 0.0290. The zero-order chi connectivity index (χ0) is 20.1. The van der Waals surface area contributed by atoms with Crippen LogP contribution in [0.1, 0.15) is 17.0 Å². The van der Waals surface area contributed by atoms with Crippen molar-refractivity contribution in [2.75, 3.05) is 24.7 Å². The minimum Gasteiger partial charge on any atom is -0.378 e. The summed E-state index contributed by atoms with van der Waals surface area (Å²) in [5, 5.41) is 12.1. The molecule has 0 radical (unpaired) electrons. The van der Waals surface area contributed by atoms with E-state index >= 15 is 0 Å². The van der Waals surface area contributed by atoms with Crippen LogP contribution in [-0.4, -0.2) is 40.5 Å². The molecule has 0 unspecified atom stereocenters. The molecular weight excluding hydrogens is 370 g/mol. The number of carbonyl (C=O) groups is 1. The Hall–Kier alpha value is -2.80. The number of benzene rings is 2. The number of para-hydroxylation sites is 1. The summed E-state index contributed by atoms with van der Waals surface area (Å²) in [6.45, 7) is 4.48. The molecule has 0 atom stereocenters. The first-order valence-electron chi connectivity index (χ1n) is 9.09. The summed E-state index contributed by atoms with van der Waals surface area (Å²) in [6, 6.07) is 16.2. The molecule has 1 N–H and O–H groups in total. The van der Waals surface area contributed by atoms with Crippen LogP contribution in [0, 0.1) is 13.8 Å². The molecule has 3 rings (SSSR count). The van der Waals surface area contributed by atoms with E-state index in [1.165, 1.54) is 11.8 Å². The fraction of sp³-hybridized carbons (Fsp3) is 0.286. The second-order valence-corrected chi connectivity index (χ2v) is 7.72. The number of carbonyl (C=O) groups excluding carboxylic acids is 1. The van der Waals surface area contributed by atoms with E-state index in [0.717, 1.165) is 33.5 Å². The van der Waals surface area contributed by atoms with Gasteiger partial charge in [-0.3, -0.25) is 9.36 Å². The topological polar surface area (TPSA) is 63.1 Å². The van der Waals surface area contributed by atoms with Crippen LogP contribution < -0.4 is 10.2 Å². The lowest BCUT2D eigenvalue weighted by Gasteiger charge is -2.13. The molecule has 7 heteroatoms. The third-order valence-electron chi connectivity index (χ3n) is 4.43. The number of aryl methyl sites for hydroxylation is 2. The molecule has 1 heterocycles. The molecule has 0 bridgehead atoms. The van der Waals surface area contributed by atoms with E-state index in [9.17, 15) is 4.79 Å². The Labute approximate surface area is 170 Å². The molecular formula is C21H25N5OS. The van der Waals surface area contributed by atoms with E-state index in [-0.39, 0.29) is 5.91 Å². The summed E-state index contributed by atoms with van der Waals surface area (Å²) >= 11 is 1.39. The monoisotopic (exact) mass is 395 g/mol. The average Bonchev–Trinajstić information content (AvgIpc) is 3.05. The largest absolute Gasteiger partial charge is 0.378 e. The molecule has 0 aliphatic rings. The molecule has 0 aliphatic heterocycles. The molecule has 3 aromatic rings. The van der Waals surface area contributed by atoms with Crippen molar-refractivity contribution in [1.82, 2.24) is 20.1 Å². The second kappa shape index (κ2) is 8.93. The van der Waals surface area contributed by atoms with Gasteiger partial charge >= 0.3 is 0 Å². The molecule has 146 valence electrons. The normalized spacial score (nSPS) is 10.7. The van der Waals surface area contributed by atoms with Gasteiger partial charge in [0, 0.05) is 26.3 Å². The van der Waals surface area contributed by atoms with Gasteiger partial charge in [0.15, 0.2) is 5.16 Å². The van der Waals surface area contributed by atoms with Crippen molar-refractivity contribution in [2.45, 2.75) is 25.5 Å². The number of hydrogen-bond acceptors (Lipinski definition) is 5. The van der Waals surface area contributed by atoms with Crippen LogP contribution in [0.25, 0.3) is 5.69 Å². The molecule has 0 spiro atoms. The first-order valence-corrected chi connectivity index (χ1v) is 10.1. The lowest BCUT2D eigenvalue weighted by molar-refractivity contribution is -0.118. The lowest BCUT2D eigenvalue weighted by atomic mass is 10.2. The van der Waals surface area contributed by atoms with Crippen molar-refractivity contribution in [2.24, 2.45) is 0 Å². The van der Waals surface area contributed by atoms with Crippen LogP contribution in [0.4, 0.5) is 5.69 Å². The van der Waals surface area contributed by atoms with Crippen molar-refractivity contribution in [3.05, 3.63) is 65.5 Å². The van der Waals surface area contributed by atoms with Gasteiger partial charge in [-0.25, -0.2) is 0 Å². The summed E-state index contributed by atoms with van der Waals surface area (Å²) in [7, 11) is 4.01. The predicted octanol–water partition coefficient (Wildman–Crippen LogP) is 3.36. The SMILES string of the molecule is Cc1ccccc1-n1c(C)nnc1SCC(=O)NCc1ccc(N(C)C)cc1. The number of nitrogens with one attached hydrogen (secondary N) is 1. The Morgan fingerprint density at radius 2 is 1.79 bits per heavy atom. The van der Waals surface area contributed by atoms with Gasteiger partial charge in [0.2, 0.25) is 5.91 Å². The summed E-state index contributed by atoms with van der Waals surface area (Å²) in [5.41, 5.74) is 4.38. The minimum atomic E-state index is -0.0290. The number of rotatable bonds is 7. The Morgan fingerprint density at radius 1 is 1.07 bits per heavy atom. The van der Waals surface area contributed by atoms with Gasteiger partial charge < -0.3 is 10.2 Å². The molecule has 0 saturated carbocycles. The van der Waals surface area contributed by atoms with Crippen molar-refractivity contribution in [3.63, 3.8) is 0 Å². The molecule has 0 fully saturated rings. The van der Waals surface area contributed by atoms with Gasteiger partial charge in [-0.1, -0.05) is 42.1 Å². The number of hydrogen-bond donors (Lipinski definition) is 1. The van der Waals surface area contributed by atoms with Gasteiger partial charge in [-0.05, 0) is 43.2 Å². The molecule has 1 amide bonds. The first-order chi connectivity index (χ1) is 13.5. The van der Waals surface area contributed by atoms with Gasteiger partial charge in [0.05, 0.1) is 11.4 Å². The molecule has 1 aromatic heterocycles. The number of nitrogens with zero attached hydrogens (tertiary/aromatic N) is 4. The number of aromatic nitrogens is 3. The van der Waals surface area contributed by atoms with Crippen LogP contribution in [0.15, 0.2) is 53.7 Å². The van der Waals surface area contributed by atoms with Crippen molar-refractivity contribution in [3.8, 4) is 5.69 Å². The number of amides is 1. The molecule has 2 aromatic carbocycles. The van der Waals surface area contributed by atoms with Gasteiger partial charge in [-0.2, -0.15) is 0 Å². The van der Waals surface area contributed by atoms with E-state index < -0.39 is 0 Å². The standard InChI is InChI=1S/C21H25N5OS/c1-15-7-5-6-8-19(15)26-16(2)23-24-21(26)28-14-20(27)22-13-17-9-11-18(12-10-17)25(3)4/h5-12H,13-14H2,1-4H3,(H,22,27). The zero-order valence-corrected chi connectivity index (χ0v) is 17.5. The fourth-order valence-electron chi connectivity index (χ4n) is 2.82. The second-order valence-electron chi connectivity index (χ2n) is 6.78. The van der Waals surface area contributed by atoms with Crippen LogP contribution in [0.3, 0.4) is 0 Å². The molecule has 6 nitrogen and oxygen atoms in total. The maximum absolute atomic E-state index is 12.3. The smallest absolute Gasteiger partial charge is 0.230 e. The molecule has 0 saturated heterocycles. The van der Waals surface area contributed by atoms with Crippen LogP contribution in [0.5, 0.6) is 0 Å². The van der Waals surface area contributed by atoms with E-state index in [1.807, 2.05) is 73.0 Å². The summed E-state index contributed by atoms with van der Waals surface area (Å²) in [5.74, 6) is 1.07. The first kappa shape index (κ1) is 19.9. The van der Waals surface area contributed by atoms with E-state index in [2.05, 4.69) is 28.5 Å². The summed E-state index contributed by atoms with van der Waals surface area (Å²) in [6.07, 6.45) is 0. The Kier molecular flexibility index (Phi) is 6.36. The van der Waals surface area contributed by atoms with Crippen molar-refractivity contribution in [1.29, 1.82) is 0 Å². The summed E-state index contributed by atoms with van der Waals surface area (Å²) in [4.78, 5) is 14.3. The predicted molar refractivity (Wildman–Crippen MR) is 114 cm³/mol. The highest BCUT2D eigenvalue weighted by atomic mass is 32.2. The van der Waals surface area contributed by atoms with Crippen LogP contribution in [0.2, 0.25) is 0 Å². The van der Waals surface area contributed by atoms with Crippen LogP contribution in [-0.2, 0) is 11.3 Å². The maximum atomic E-state index is 12.3. The van der Waals surface area contributed by atoms with Crippen molar-refractivity contribution >= 4 is 23.4 Å². The average molecular weight is 396 g/mol. The lowest BCUT2D eigenvalue weighted by Crippen LogP contribution is -2.24. The molecule has 28 heavy (non-hydrogen) atoms. The Bertz CT molecular complexity index is 950. The fourth-order valence-corrected chi connectivity index (χ4v) is 3.64. The van der Waals surface area contributed by atoms with Crippen LogP contribution >= 0.6 is 11.8 Å². The Balaban J connectivity index is 1.59. The highest BCUT2D eigenvalue weighted by Crippen LogP contribution is 2.23. The van der Waals surface area contributed by atoms with Gasteiger partial charge in [0.1, 0.15) is 5.82 Å². The zero-order valence-electron chi connectivity index (χ0n) is 16.6. The highest BCUT2D eigenvalue weighted by Gasteiger charge is 2.14. The molecule has 0 aliphatic carbocycles. The van der Waals surface area contributed by atoms with Crippen molar-refractivity contribution < 1.29 is 4.79 Å². The van der Waals surface area contributed by atoms with E-state index in [0.29, 0.717) is 12.3 Å². The van der Waals surface area contributed by atoms with E-state index in [4.69, 9.17) is 0 Å². The van der Waals surface area contributed by atoms with Gasteiger partial charge in [-0.15, -0.1) is 10.2 Å². The van der Waals surface area contributed by atoms with Gasteiger partial charge in [0.25, 0.3) is 0 Å².